The molecule has 0 atom stereocenters. The van der Waals surface area contributed by atoms with Crippen LogP contribution in [0.15, 0.2) is 67.3 Å². The van der Waals surface area contributed by atoms with Gasteiger partial charge in [0.15, 0.2) is 0 Å². The largest absolute Gasteiger partial charge is 0.381 e. The van der Waals surface area contributed by atoms with E-state index in [0.29, 0.717) is 0 Å². The molecule has 0 saturated heterocycles. The molecule has 3 aromatic rings. The molecule has 4 heteroatoms. The van der Waals surface area contributed by atoms with Crippen LogP contribution in [0.2, 0.25) is 5.02 Å². The first-order valence-corrected chi connectivity index (χ1v) is 6.76. The maximum atomic E-state index is 5.96. The first-order valence-electron chi connectivity index (χ1n) is 6.38. The summed E-state index contributed by atoms with van der Waals surface area (Å²) in [5.74, 6) is 0. The summed E-state index contributed by atoms with van der Waals surface area (Å²) in [6, 6.07) is 16.1. The quantitative estimate of drug-likeness (QED) is 0.780. The van der Waals surface area contributed by atoms with E-state index in [0.717, 1.165) is 22.9 Å². The van der Waals surface area contributed by atoms with Crippen molar-refractivity contribution in [1.29, 1.82) is 0 Å². The molecule has 3 rings (SSSR count). The number of benzene rings is 2. The van der Waals surface area contributed by atoms with Crippen molar-refractivity contribution in [3.8, 4) is 5.69 Å². The lowest BCUT2D eigenvalue weighted by molar-refractivity contribution is 1.05. The molecule has 0 amide bonds. The second-order valence-electron chi connectivity index (χ2n) is 4.50. The number of rotatable bonds is 4. The summed E-state index contributed by atoms with van der Waals surface area (Å²) in [7, 11) is 0. The molecule has 0 aliphatic carbocycles. The summed E-state index contributed by atoms with van der Waals surface area (Å²) >= 11 is 5.96. The molecule has 0 fully saturated rings. The van der Waals surface area contributed by atoms with Gasteiger partial charge < -0.3 is 9.88 Å². The summed E-state index contributed by atoms with van der Waals surface area (Å²) in [5, 5.41) is 4.09. The topological polar surface area (TPSA) is 29.9 Å². The van der Waals surface area contributed by atoms with E-state index in [1.807, 2.05) is 35.0 Å². The molecule has 2 aromatic carbocycles. The summed E-state index contributed by atoms with van der Waals surface area (Å²) in [6.45, 7) is 0.768. The third-order valence-electron chi connectivity index (χ3n) is 3.06. The van der Waals surface area contributed by atoms with Crippen LogP contribution >= 0.6 is 11.6 Å². The minimum absolute atomic E-state index is 0.741. The van der Waals surface area contributed by atoms with E-state index in [9.17, 15) is 0 Å². The number of nitrogens with zero attached hydrogens (tertiary/aromatic N) is 2. The SMILES string of the molecule is Clc1cccc(NCc2ccc(-n3ccnc3)cc2)c1. The maximum absolute atomic E-state index is 5.96. The van der Waals surface area contributed by atoms with E-state index < -0.39 is 0 Å². The van der Waals surface area contributed by atoms with Crippen LogP contribution in [0, 0.1) is 0 Å². The number of hydrogen-bond acceptors (Lipinski definition) is 2. The van der Waals surface area contributed by atoms with E-state index in [1.165, 1.54) is 5.56 Å². The Morgan fingerprint density at radius 3 is 2.65 bits per heavy atom. The molecule has 0 spiro atoms. The number of anilines is 1. The molecule has 0 aliphatic heterocycles. The predicted molar refractivity (Wildman–Crippen MR) is 82.3 cm³/mol. The molecule has 0 radical (unpaired) electrons. The van der Waals surface area contributed by atoms with Gasteiger partial charge in [0.05, 0.1) is 6.33 Å². The fourth-order valence-corrected chi connectivity index (χ4v) is 2.19. The van der Waals surface area contributed by atoms with E-state index in [-0.39, 0.29) is 0 Å². The van der Waals surface area contributed by atoms with Crippen molar-refractivity contribution in [1.82, 2.24) is 9.55 Å². The van der Waals surface area contributed by atoms with Crippen molar-refractivity contribution in [3.05, 3.63) is 77.8 Å². The van der Waals surface area contributed by atoms with Crippen molar-refractivity contribution in [2.45, 2.75) is 6.54 Å². The van der Waals surface area contributed by atoms with Crippen LogP contribution in [0.4, 0.5) is 5.69 Å². The van der Waals surface area contributed by atoms with Crippen molar-refractivity contribution < 1.29 is 0 Å². The van der Waals surface area contributed by atoms with E-state index in [1.54, 1.807) is 12.5 Å². The van der Waals surface area contributed by atoms with Crippen molar-refractivity contribution in [3.63, 3.8) is 0 Å². The van der Waals surface area contributed by atoms with Crippen LogP contribution < -0.4 is 5.32 Å². The van der Waals surface area contributed by atoms with Crippen molar-refractivity contribution >= 4 is 17.3 Å². The Labute approximate surface area is 122 Å². The highest BCUT2D eigenvalue weighted by Gasteiger charge is 1.98. The zero-order chi connectivity index (χ0) is 13.8. The summed E-state index contributed by atoms with van der Waals surface area (Å²) in [4.78, 5) is 4.04. The molecule has 1 aromatic heterocycles. The highest BCUT2D eigenvalue weighted by molar-refractivity contribution is 6.30. The van der Waals surface area contributed by atoms with Gasteiger partial charge in [0.2, 0.25) is 0 Å². The average Bonchev–Trinajstić information content (AvgIpc) is 3.00. The molecule has 0 saturated carbocycles. The summed E-state index contributed by atoms with van der Waals surface area (Å²) in [5.41, 5.74) is 3.35. The van der Waals surface area contributed by atoms with Gasteiger partial charge in [-0.15, -0.1) is 0 Å². The Morgan fingerprint density at radius 2 is 1.95 bits per heavy atom. The molecule has 0 bridgehead atoms. The highest BCUT2D eigenvalue weighted by Crippen LogP contribution is 2.16. The van der Waals surface area contributed by atoms with Gasteiger partial charge in [-0.05, 0) is 35.9 Å². The Bertz CT molecular complexity index is 675. The Balaban J connectivity index is 1.67. The van der Waals surface area contributed by atoms with E-state index in [2.05, 4.69) is 34.6 Å². The van der Waals surface area contributed by atoms with Gasteiger partial charge in [0.25, 0.3) is 0 Å². The number of halogens is 1. The lowest BCUT2D eigenvalue weighted by atomic mass is 10.2. The molecule has 0 aliphatic rings. The predicted octanol–water partition coefficient (Wildman–Crippen LogP) is 4.14. The summed E-state index contributed by atoms with van der Waals surface area (Å²) in [6.07, 6.45) is 5.49. The minimum atomic E-state index is 0.741. The van der Waals surface area contributed by atoms with Crippen molar-refractivity contribution in [2.75, 3.05) is 5.32 Å². The zero-order valence-electron chi connectivity index (χ0n) is 10.8. The van der Waals surface area contributed by atoms with E-state index >= 15 is 0 Å². The standard InChI is InChI=1S/C16H14ClN3/c17-14-2-1-3-15(10-14)19-11-13-4-6-16(7-5-13)20-9-8-18-12-20/h1-10,12,19H,11H2. The number of imidazole rings is 1. The van der Waals surface area contributed by atoms with Gasteiger partial charge in [-0.2, -0.15) is 0 Å². The van der Waals surface area contributed by atoms with Gasteiger partial charge in [0.1, 0.15) is 0 Å². The van der Waals surface area contributed by atoms with Crippen LogP contribution in [0.25, 0.3) is 5.69 Å². The minimum Gasteiger partial charge on any atom is -0.381 e. The molecule has 1 N–H and O–H groups in total. The molecule has 0 unspecified atom stereocenters. The average molecular weight is 284 g/mol. The Morgan fingerprint density at radius 1 is 1.10 bits per heavy atom. The molecule has 100 valence electrons. The van der Waals surface area contributed by atoms with Crippen LogP contribution in [0.5, 0.6) is 0 Å². The lowest BCUT2D eigenvalue weighted by Crippen LogP contribution is -1.99. The first kappa shape index (κ1) is 12.8. The van der Waals surface area contributed by atoms with Gasteiger partial charge in [0, 0.05) is 35.3 Å². The number of aromatic nitrogens is 2. The number of hydrogen-bond donors (Lipinski definition) is 1. The normalized spacial score (nSPS) is 10.4. The van der Waals surface area contributed by atoms with Gasteiger partial charge in [-0.25, -0.2) is 4.98 Å². The molecule has 3 nitrogen and oxygen atoms in total. The molecular weight excluding hydrogens is 270 g/mol. The van der Waals surface area contributed by atoms with E-state index in [4.69, 9.17) is 11.6 Å². The lowest BCUT2D eigenvalue weighted by Gasteiger charge is -2.08. The van der Waals surface area contributed by atoms with Crippen LogP contribution in [0.3, 0.4) is 0 Å². The van der Waals surface area contributed by atoms with Crippen molar-refractivity contribution in [2.24, 2.45) is 0 Å². The summed E-state index contributed by atoms with van der Waals surface area (Å²) < 4.78 is 1.98. The second-order valence-corrected chi connectivity index (χ2v) is 4.94. The smallest absolute Gasteiger partial charge is 0.0991 e. The fourth-order valence-electron chi connectivity index (χ4n) is 2.00. The van der Waals surface area contributed by atoms with Gasteiger partial charge in [-0.3, -0.25) is 0 Å². The Kier molecular flexibility index (Phi) is 3.70. The van der Waals surface area contributed by atoms with Crippen LogP contribution in [0.1, 0.15) is 5.56 Å². The highest BCUT2D eigenvalue weighted by atomic mass is 35.5. The van der Waals surface area contributed by atoms with Crippen LogP contribution in [-0.2, 0) is 6.54 Å². The monoisotopic (exact) mass is 283 g/mol. The molecule has 20 heavy (non-hydrogen) atoms. The third kappa shape index (κ3) is 3.00. The third-order valence-corrected chi connectivity index (χ3v) is 3.30. The van der Waals surface area contributed by atoms with Gasteiger partial charge >= 0.3 is 0 Å². The fraction of sp³-hybridized carbons (Fsp3) is 0.0625. The number of nitrogens with one attached hydrogen (secondary N) is 1. The zero-order valence-corrected chi connectivity index (χ0v) is 11.6. The second kappa shape index (κ2) is 5.80. The maximum Gasteiger partial charge on any atom is 0.0991 e. The molecule has 1 heterocycles. The Hall–Kier alpha value is -2.26. The molecular formula is C16H14ClN3. The van der Waals surface area contributed by atoms with Gasteiger partial charge in [-0.1, -0.05) is 29.8 Å². The first-order chi connectivity index (χ1) is 9.81. The van der Waals surface area contributed by atoms with Crippen LogP contribution in [-0.4, -0.2) is 9.55 Å².